The molecule has 0 N–H and O–H groups in total. The fourth-order valence-corrected chi connectivity index (χ4v) is 8.22. The summed E-state index contributed by atoms with van der Waals surface area (Å²) in [6.45, 7) is 0. The van der Waals surface area contributed by atoms with E-state index in [1.807, 2.05) is 158 Å². The van der Waals surface area contributed by atoms with E-state index in [4.69, 9.17) is 38.7 Å². The maximum atomic E-state index is 6.70. The average Bonchev–Trinajstić information content (AvgIpc) is 3.93. The van der Waals surface area contributed by atoms with Crippen molar-refractivity contribution >= 4 is 43.9 Å². The van der Waals surface area contributed by atoms with Crippen molar-refractivity contribution in [2.24, 2.45) is 0 Å². The lowest BCUT2D eigenvalue weighted by molar-refractivity contribution is 0.668. The molecule has 0 aliphatic rings. The molecule has 12 aromatic rings. The van der Waals surface area contributed by atoms with Crippen LogP contribution < -0.4 is 0 Å². The molecule has 8 aromatic carbocycles. The molecule has 12 rings (SSSR count). The summed E-state index contributed by atoms with van der Waals surface area (Å²) in [5.41, 5.74) is 10.3. The van der Waals surface area contributed by atoms with E-state index in [1.54, 1.807) is 0 Å². The predicted octanol–water partition coefficient (Wildman–Crippen LogP) is 13.5. The largest absolute Gasteiger partial charge is 0.456 e. The van der Waals surface area contributed by atoms with E-state index < -0.39 is 0 Å². The molecule has 8 nitrogen and oxygen atoms in total. The third-order valence-corrected chi connectivity index (χ3v) is 11.2. The number of para-hydroxylation sites is 2. The summed E-state index contributed by atoms with van der Waals surface area (Å²) in [7, 11) is 0. The molecule has 0 bridgehead atoms. The molecule has 0 radical (unpaired) electrons. The minimum absolute atomic E-state index is 0.512. The Morgan fingerprint density at radius 3 is 1.40 bits per heavy atom. The van der Waals surface area contributed by atoms with Gasteiger partial charge in [-0.3, -0.25) is 0 Å². The smallest absolute Gasteiger partial charge is 0.167 e. The molecule has 0 aliphatic heterocycles. The van der Waals surface area contributed by atoms with Crippen LogP contribution in [0.1, 0.15) is 0 Å². The Hall–Kier alpha value is -8.62. The van der Waals surface area contributed by atoms with Gasteiger partial charge in [0.15, 0.2) is 34.9 Å². The molecule has 8 heteroatoms. The van der Waals surface area contributed by atoms with Gasteiger partial charge in [0.25, 0.3) is 0 Å². The van der Waals surface area contributed by atoms with Gasteiger partial charge in [0.1, 0.15) is 22.3 Å². The van der Waals surface area contributed by atoms with Gasteiger partial charge in [-0.25, -0.2) is 29.9 Å². The summed E-state index contributed by atoms with van der Waals surface area (Å²) in [5, 5.41) is 3.90. The van der Waals surface area contributed by atoms with Gasteiger partial charge in [-0.2, -0.15) is 0 Å². The van der Waals surface area contributed by atoms with Crippen molar-refractivity contribution in [1.29, 1.82) is 0 Å². The van der Waals surface area contributed by atoms with Crippen LogP contribution in [0, 0.1) is 0 Å². The fourth-order valence-electron chi connectivity index (χ4n) is 8.22. The molecule has 0 atom stereocenters. The second kappa shape index (κ2) is 14.6. The summed E-state index contributed by atoms with van der Waals surface area (Å²) in [6, 6.07) is 64.9. The van der Waals surface area contributed by atoms with Crippen LogP contribution in [-0.4, -0.2) is 29.9 Å². The van der Waals surface area contributed by atoms with Crippen molar-refractivity contribution in [2.45, 2.75) is 0 Å². The molecule has 0 spiro atoms. The number of fused-ring (bicyclic) bond motifs is 6. The zero-order valence-corrected chi connectivity index (χ0v) is 33.0. The lowest BCUT2D eigenvalue weighted by Crippen LogP contribution is -2.00. The molecular weight excluding hydrogens is 765 g/mol. The first kappa shape index (κ1) is 35.3. The third-order valence-electron chi connectivity index (χ3n) is 11.2. The van der Waals surface area contributed by atoms with Gasteiger partial charge in [-0.05, 0) is 47.5 Å². The minimum Gasteiger partial charge on any atom is -0.456 e. The Morgan fingerprint density at radius 2 is 0.710 bits per heavy atom. The monoisotopic (exact) mass is 796 g/mol. The van der Waals surface area contributed by atoms with Crippen molar-refractivity contribution < 1.29 is 8.83 Å². The summed E-state index contributed by atoms with van der Waals surface area (Å²) in [5.74, 6) is 3.47. The normalized spacial score (nSPS) is 11.5. The average molecular weight is 797 g/mol. The van der Waals surface area contributed by atoms with E-state index in [2.05, 4.69) is 36.4 Å². The molecule has 0 saturated heterocycles. The Kier molecular flexibility index (Phi) is 8.31. The molecule has 0 amide bonds. The van der Waals surface area contributed by atoms with E-state index in [0.29, 0.717) is 40.5 Å². The highest BCUT2D eigenvalue weighted by Gasteiger charge is 2.21. The Morgan fingerprint density at radius 1 is 0.258 bits per heavy atom. The molecule has 62 heavy (non-hydrogen) atoms. The maximum absolute atomic E-state index is 6.70. The highest BCUT2D eigenvalue weighted by molar-refractivity contribution is 6.12. The molecule has 4 heterocycles. The van der Waals surface area contributed by atoms with Crippen LogP contribution in [0.3, 0.4) is 0 Å². The molecule has 0 unspecified atom stereocenters. The third kappa shape index (κ3) is 6.17. The van der Waals surface area contributed by atoms with E-state index in [0.717, 1.165) is 82.8 Å². The summed E-state index contributed by atoms with van der Waals surface area (Å²) in [6.07, 6.45) is 0. The number of rotatable bonds is 7. The molecule has 4 aromatic heterocycles. The fraction of sp³-hybridized carbons (Fsp3) is 0. The molecule has 290 valence electrons. The standard InChI is InChI=1S/C54H32N6O2/c1-4-15-33(16-5-1)49-55-50(34-17-6-2-7-18-34)57-52(56-49)38-22-12-21-36(31-38)37-29-30-45-43(32-37)39-24-13-26-42(48(39)62-45)54-59-51(35-19-8-3-9-20-35)58-53(60-54)41-25-14-28-46-47(41)40-23-10-11-27-44(40)61-46/h1-32H. The number of nitrogens with zero attached hydrogens (tertiary/aromatic N) is 6. The van der Waals surface area contributed by atoms with Crippen LogP contribution in [0.2, 0.25) is 0 Å². The second-order valence-corrected chi connectivity index (χ2v) is 15.1. The lowest BCUT2D eigenvalue weighted by Gasteiger charge is -2.10. The van der Waals surface area contributed by atoms with Gasteiger partial charge in [-0.1, -0.05) is 158 Å². The second-order valence-electron chi connectivity index (χ2n) is 15.1. The summed E-state index contributed by atoms with van der Waals surface area (Å²) in [4.78, 5) is 30.1. The van der Waals surface area contributed by atoms with Crippen LogP contribution in [0.5, 0.6) is 0 Å². The van der Waals surface area contributed by atoms with Gasteiger partial charge >= 0.3 is 0 Å². The van der Waals surface area contributed by atoms with Crippen LogP contribution in [0.4, 0.5) is 0 Å². The summed E-state index contributed by atoms with van der Waals surface area (Å²) < 4.78 is 13.0. The zero-order valence-electron chi connectivity index (χ0n) is 33.0. The first-order chi connectivity index (χ1) is 30.7. The quantitative estimate of drug-likeness (QED) is 0.157. The van der Waals surface area contributed by atoms with Gasteiger partial charge in [0.05, 0.1) is 5.56 Å². The summed E-state index contributed by atoms with van der Waals surface area (Å²) >= 11 is 0. The van der Waals surface area contributed by atoms with Gasteiger partial charge < -0.3 is 8.83 Å². The van der Waals surface area contributed by atoms with E-state index in [1.165, 1.54) is 0 Å². The number of benzene rings is 8. The number of hydrogen-bond donors (Lipinski definition) is 0. The van der Waals surface area contributed by atoms with Gasteiger partial charge in [-0.15, -0.1) is 0 Å². The minimum atomic E-state index is 0.512. The van der Waals surface area contributed by atoms with Gasteiger partial charge in [0.2, 0.25) is 0 Å². The van der Waals surface area contributed by atoms with Crippen molar-refractivity contribution in [3.8, 4) is 79.5 Å². The van der Waals surface area contributed by atoms with E-state index in [-0.39, 0.29) is 0 Å². The molecule has 0 fully saturated rings. The highest BCUT2D eigenvalue weighted by Crippen LogP contribution is 2.40. The van der Waals surface area contributed by atoms with Crippen LogP contribution >= 0.6 is 0 Å². The maximum Gasteiger partial charge on any atom is 0.167 e. The number of furan rings is 2. The molecular formula is C54H32N6O2. The topological polar surface area (TPSA) is 104 Å². The van der Waals surface area contributed by atoms with Crippen LogP contribution in [0.25, 0.3) is 123 Å². The van der Waals surface area contributed by atoms with E-state index in [9.17, 15) is 0 Å². The zero-order chi connectivity index (χ0) is 41.0. The lowest BCUT2D eigenvalue weighted by atomic mass is 10.00. The van der Waals surface area contributed by atoms with E-state index >= 15 is 0 Å². The molecule has 0 aliphatic carbocycles. The first-order valence-corrected chi connectivity index (χ1v) is 20.4. The SMILES string of the molecule is c1ccc(-c2nc(-c3ccccc3)nc(-c3cccc(-c4ccc5oc6c(-c7nc(-c8ccccc8)nc(-c8cccc9oc%10ccccc%10c89)n7)cccc6c5c4)c3)n2)cc1. The first-order valence-electron chi connectivity index (χ1n) is 20.4. The highest BCUT2D eigenvalue weighted by atomic mass is 16.3. The molecule has 0 saturated carbocycles. The Labute approximate surface area is 354 Å². The van der Waals surface area contributed by atoms with Crippen molar-refractivity contribution in [1.82, 2.24) is 29.9 Å². The number of aromatic nitrogens is 6. The van der Waals surface area contributed by atoms with Crippen molar-refractivity contribution in [2.75, 3.05) is 0 Å². The van der Waals surface area contributed by atoms with Crippen LogP contribution in [0.15, 0.2) is 203 Å². The van der Waals surface area contributed by atoms with Crippen molar-refractivity contribution in [3.63, 3.8) is 0 Å². The Balaban J connectivity index is 0.977. The Bertz CT molecular complexity index is 3580. The number of hydrogen-bond acceptors (Lipinski definition) is 8. The predicted molar refractivity (Wildman–Crippen MR) is 246 cm³/mol. The van der Waals surface area contributed by atoms with Crippen molar-refractivity contribution in [3.05, 3.63) is 194 Å². The van der Waals surface area contributed by atoms with Crippen LogP contribution in [-0.2, 0) is 0 Å². The van der Waals surface area contributed by atoms with Gasteiger partial charge in [0, 0.05) is 49.4 Å².